The lowest BCUT2D eigenvalue weighted by molar-refractivity contribution is -0.155. The van der Waals surface area contributed by atoms with Crippen LogP contribution in [-0.4, -0.2) is 11.9 Å². The van der Waals surface area contributed by atoms with Gasteiger partial charge in [0.1, 0.15) is 0 Å². The number of carbonyl (C=O) groups excluding carboxylic acids is 2. The highest BCUT2D eigenvalue weighted by molar-refractivity contribution is 5.95. The molecule has 0 aliphatic rings. The molecule has 0 aromatic rings. The maximum Gasteiger partial charge on any atom is 0.341 e. The molecule has 62 valence electrons. The van der Waals surface area contributed by atoms with Crippen LogP contribution in [0.4, 0.5) is 0 Å². The fourth-order valence-electron chi connectivity index (χ4n) is 0.607. The number of ether oxygens (including phenoxy) is 1. The van der Waals surface area contributed by atoms with Crippen molar-refractivity contribution in [2.24, 2.45) is 0 Å². The van der Waals surface area contributed by atoms with E-state index >= 15 is 0 Å². The quantitative estimate of drug-likeness (QED) is 0.352. The van der Waals surface area contributed by atoms with Gasteiger partial charge < -0.3 is 4.74 Å². The van der Waals surface area contributed by atoms with Gasteiger partial charge in [0.05, 0.1) is 0 Å². The first kappa shape index (κ1) is 9.88. The first-order chi connectivity index (χ1) is 5.07. The molecule has 0 bridgehead atoms. The average molecular weight is 156 g/mol. The molecule has 0 heterocycles. The molecule has 3 nitrogen and oxygen atoms in total. The van der Waals surface area contributed by atoms with Gasteiger partial charge in [-0.1, -0.05) is 19.9 Å². The second-order valence-electron chi connectivity index (χ2n) is 2.23. The highest BCUT2D eigenvalue weighted by Gasteiger charge is 2.08. The lowest BCUT2D eigenvalue weighted by Crippen LogP contribution is -2.10. The molecular formula is C8H12O3. The molecule has 3 heteroatoms. The van der Waals surface area contributed by atoms with Gasteiger partial charge in [0, 0.05) is 12.5 Å². The fourth-order valence-corrected chi connectivity index (χ4v) is 0.607. The standard InChI is InChI=1S/C8H12O3/c1-4-5-6(2)8(10)11-7(3)9/h2,4-5H2,1,3H3. The van der Waals surface area contributed by atoms with E-state index in [0.717, 1.165) is 6.42 Å². The Morgan fingerprint density at radius 1 is 1.45 bits per heavy atom. The molecule has 0 radical (unpaired) electrons. The van der Waals surface area contributed by atoms with Gasteiger partial charge in [-0.05, 0) is 6.42 Å². The van der Waals surface area contributed by atoms with Gasteiger partial charge in [-0.15, -0.1) is 0 Å². The SMILES string of the molecule is C=C(CCC)C(=O)OC(C)=O. The average Bonchev–Trinajstić information content (AvgIpc) is 1.86. The van der Waals surface area contributed by atoms with Crippen molar-refractivity contribution < 1.29 is 14.3 Å². The zero-order chi connectivity index (χ0) is 8.85. The zero-order valence-electron chi connectivity index (χ0n) is 6.85. The Kier molecular flexibility index (Phi) is 4.18. The van der Waals surface area contributed by atoms with Gasteiger partial charge >= 0.3 is 11.9 Å². The molecule has 0 spiro atoms. The molecular weight excluding hydrogens is 144 g/mol. The van der Waals surface area contributed by atoms with Crippen LogP contribution in [0.2, 0.25) is 0 Å². The van der Waals surface area contributed by atoms with Crippen molar-refractivity contribution in [3.05, 3.63) is 12.2 Å². The van der Waals surface area contributed by atoms with Gasteiger partial charge in [0.15, 0.2) is 0 Å². The van der Waals surface area contributed by atoms with Gasteiger partial charge in [0.25, 0.3) is 0 Å². The molecule has 0 aromatic carbocycles. The molecule has 11 heavy (non-hydrogen) atoms. The van der Waals surface area contributed by atoms with Gasteiger partial charge in [-0.2, -0.15) is 0 Å². The Morgan fingerprint density at radius 2 is 2.00 bits per heavy atom. The summed E-state index contributed by atoms with van der Waals surface area (Å²) in [5.74, 6) is -1.20. The normalized spacial score (nSPS) is 8.91. The minimum Gasteiger partial charge on any atom is -0.390 e. The number of carbonyl (C=O) groups is 2. The molecule has 0 amide bonds. The van der Waals surface area contributed by atoms with Crippen LogP contribution in [0.1, 0.15) is 26.7 Å². The van der Waals surface area contributed by atoms with Gasteiger partial charge in [-0.3, -0.25) is 4.79 Å². The second-order valence-corrected chi connectivity index (χ2v) is 2.23. The van der Waals surface area contributed by atoms with Crippen molar-refractivity contribution in [2.45, 2.75) is 26.7 Å². The van der Waals surface area contributed by atoms with Gasteiger partial charge in [-0.25, -0.2) is 4.79 Å². The molecule has 0 aliphatic heterocycles. The van der Waals surface area contributed by atoms with E-state index in [1.807, 2.05) is 6.92 Å². The fraction of sp³-hybridized carbons (Fsp3) is 0.500. The lowest BCUT2D eigenvalue weighted by Gasteiger charge is -2.00. The maximum absolute atomic E-state index is 10.8. The molecule has 0 rings (SSSR count). The number of hydrogen-bond acceptors (Lipinski definition) is 3. The summed E-state index contributed by atoms with van der Waals surface area (Å²) in [6, 6.07) is 0. The Labute approximate surface area is 66.0 Å². The summed E-state index contributed by atoms with van der Waals surface area (Å²) in [6.45, 7) is 6.59. The number of rotatable bonds is 3. The van der Waals surface area contributed by atoms with Crippen molar-refractivity contribution in [3.8, 4) is 0 Å². The molecule has 0 unspecified atom stereocenters. The van der Waals surface area contributed by atoms with E-state index in [1.165, 1.54) is 6.92 Å². The Hall–Kier alpha value is -1.12. The summed E-state index contributed by atoms with van der Waals surface area (Å²) >= 11 is 0. The van der Waals surface area contributed by atoms with Crippen molar-refractivity contribution in [2.75, 3.05) is 0 Å². The predicted molar refractivity (Wildman–Crippen MR) is 40.8 cm³/mol. The van der Waals surface area contributed by atoms with Crippen LogP contribution in [0.15, 0.2) is 12.2 Å². The van der Waals surface area contributed by atoms with Crippen LogP contribution < -0.4 is 0 Å². The largest absolute Gasteiger partial charge is 0.390 e. The first-order valence-corrected chi connectivity index (χ1v) is 3.48. The third-order valence-corrected chi connectivity index (χ3v) is 1.08. The number of esters is 2. The highest BCUT2D eigenvalue weighted by atomic mass is 16.6. The minimum atomic E-state index is -0.612. The van der Waals surface area contributed by atoms with Crippen LogP contribution in [0.25, 0.3) is 0 Å². The summed E-state index contributed by atoms with van der Waals surface area (Å²) in [5.41, 5.74) is 0.350. The van der Waals surface area contributed by atoms with Crippen molar-refractivity contribution in [1.29, 1.82) is 0 Å². The summed E-state index contributed by atoms with van der Waals surface area (Å²) in [4.78, 5) is 21.1. The van der Waals surface area contributed by atoms with Crippen molar-refractivity contribution in [1.82, 2.24) is 0 Å². The Morgan fingerprint density at radius 3 is 2.36 bits per heavy atom. The van der Waals surface area contributed by atoms with Crippen LogP contribution >= 0.6 is 0 Å². The third-order valence-electron chi connectivity index (χ3n) is 1.08. The number of hydrogen-bond donors (Lipinski definition) is 0. The zero-order valence-corrected chi connectivity index (χ0v) is 6.85. The molecule has 0 aromatic heterocycles. The Bertz CT molecular complexity index is 182. The summed E-state index contributed by atoms with van der Waals surface area (Å²) in [5, 5.41) is 0. The summed E-state index contributed by atoms with van der Waals surface area (Å²) in [7, 11) is 0. The predicted octanol–water partition coefficient (Wildman–Crippen LogP) is 1.43. The van der Waals surface area contributed by atoms with E-state index in [9.17, 15) is 9.59 Å². The second kappa shape index (κ2) is 4.66. The van der Waals surface area contributed by atoms with E-state index < -0.39 is 11.9 Å². The Balaban J connectivity index is 3.83. The lowest BCUT2D eigenvalue weighted by atomic mass is 10.2. The molecule has 0 saturated carbocycles. The van der Waals surface area contributed by atoms with E-state index in [0.29, 0.717) is 12.0 Å². The smallest absolute Gasteiger partial charge is 0.341 e. The maximum atomic E-state index is 10.8. The first-order valence-electron chi connectivity index (χ1n) is 3.48. The van der Waals surface area contributed by atoms with Crippen LogP contribution in [0.5, 0.6) is 0 Å². The van der Waals surface area contributed by atoms with Crippen LogP contribution in [0, 0.1) is 0 Å². The van der Waals surface area contributed by atoms with Crippen molar-refractivity contribution in [3.63, 3.8) is 0 Å². The minimum absolute atomic E-state index is 0.350. The highest BCUT2D eigenvalue weighted by Crippen LogP contribution is 2.03. The molecule has 0 aliphatic carbocycles. The summed E-state index contributed by atoms with van der Waals surface area (Å²) < 4.78 is 4.29. The van der Waals surface area contributed by atoms with E-state index in [1.54, 1.807) is 0 Å². The molecule has 0 N–H and O–H groups in total. The monoisotopic (exact) mass is 156 g/mol. The molecule has 0 saturated heterocycles. The van der Waals surface area contributed by atoms with Gasteiger partial charge in [0.2, 0.25) is 0 Å². The van der Waals surface area contributed by atoms with Crippen LogP contribution in [-0.2, 0) is 14.3 Å². The van der Waals surface area contributed by atoms with E-state index in [4.69, 9.17) is 0 Å². The van der Waals surface area contributed by atoms with Crippen molar-refractivity contribution >= 4 is 11.9 Å². The summed E-state index contributed by atoms with van der Waals surface area (Å²) in [6.07, 6.45) is 1.40. The molecule has 0 atom stereocenters. The molecule has 0 fully saturated rings. The van der Waals surface area contributed by atoms with E-state index in [2.05, 4.69) is 11.3 Å². The topological polar surface area (TPSA) is 43.4 Å². The van der Waals surface area contributed by atoms with Crippen LogP contribution in [0.3, 0.4) is 0 Å². The third kappa shape index (κ3) is 4.31. The van der Waals surface area contributed by atoms with E-state index in [-0.39, 0.29) is 0 Å².